The molecule has 30 heavy (non-hydrogen) atoms. The van der Waals surface area contributed by atoms with Crippen LogP contribution >= 0.6 is 0 Å². The van der Waals surface area contributed by atoms with Crippen LogP contribution in [0.5, 0.6) is 0 Å². The summed E-state index contributed by atoms with van der Waals surface area (Å²) in [7, 11) is 1.17. The number of hydrogen-bond donors (Lipinski definition) is 5. The maximum atomic E-state index is 12.3. The number of carbonyl (C=O) groups is 1. The summed E-state index contributed by atoms with van der Waals surface area (Å²) in [5, 5.41) is 51.1. The Hall–Kier alpha value is -1.57. The molecule has 2 aliphatic heterocycles. The van der Waals surface area contributed by atoms with Crippen LogP contribution in [0.25, 0.3) is 0 Å². The molecule has 0 aromatic rings. The normalized spacial score (nSPS) is 43.3. The van der Waals surface area contributed by atoms with Crippen molar-refractivity contribution in [3.63, 3.8) is 0 Å². The average Bonchev–Trinajstić information content (AvgIpc) is 2.99. The quantitative estimate of drug-likeness (QED) is 0.231. The fourth-order valence-electron chi connectivity index (χ4n) is 4.14. The first-order chi connectivity index (χ1) is 14.2. The lowest BCUT2D eigenvalue weighted by Crippen LogP contribution is -2.62. The second-order valence-electron chi connectivity index (χ2n) is 7.45. The fraction of sp³-hybridized carbons (Fsp3) is 0.737. The van der Waals surface area contributed by atoms with Crippen molar-refractivity contribution in [2.45, 2.75) is 62.5 Å². The average molecular weight is 432 g/mol. The van der Waals surface area contributed by atoms with Crippen molar-refractivity contribution in [3.05, 3.63) is 23.5 Å². The number of rotatable bonds is 6. The van der Waals surface area contributed by atoms with E-state index >= 15 is 0 Å². The first-order valence-corrected chi connectivity index (χ1v) is 9.63. The van der Waals surface area contributed by atoms with Crippen LogP contribution in [-0.4, -0.2) is 101 Å². The van der Waals surface area contributed by atoms with Crippen LogP contribution in [0.2, 0.25) is 0 Å². The number of hydrogen-bond acceptors (Lipinski definition) is 11. The molecule has 0 saturated carbocycles. The number of ether oxygens (including phenoxy) is 5. The molecule has 0 spiro atoms. The Balaban J connectivity index is 1.91. The van der Waals surface area contributed by atoms with Gasteiger partial charge in [-0.15, -0.1) is 0 Å². The molecule has 1 fully saturated rings. The SMILES string of the molecule is CCO[C@@H]1C=C(C)[C@H]2[C@H](O[C@@H]3O[C@H](CO)[C@@H](O)[C@H](O)[C@H]3O)OC=C(C(=O)OC)[C@@]12O. The van der Waals surface area contributed by atoms with E-state index in [0.717, 1.165) is 6.26 Å². The van der Waals surface area contributed by atoms with Gasteiger partial charge in [-0.25, -0.2) is 4.79 Å². The van der Waals surface area contributed by atoms with Crippen LogP contribution < -0.4 is 0 Å². The summed E-state index contributed by atoms with van der Waals surface area (Å²) in [4.78, 5) is 12.3. The lowest BCUT2D eigenvalue weighted by Gasteiger charge is -2.45. The zero-order valence-corrected chi connectivity index (χ0v) is 16.9. The Bertz CT molecular complexity index is 705. The molecule has 0 aromatic carbocycles. The molecule has 0 aromatic heterocycles. The zero-order valence-electron chi connectivity index (χ0n) is 16.9. The third-order valence-corrected chi connectivity index (χ3v) is 5.70. The number of aliphatic hydroxyl groups excluding tert-OH is 4. The van der Waals surface area contributed by atoms with Gasteiger partial charge in [-0.1, -0.05) is 11.6 Å². The Kier molecular flexibility index (Phi) is 6.84. The van der Waals surface area contributed by atoms with Crippen LogP contribution in [0.15, 0.2) is 23.5 Å². The predicted octanol–water partition coefficient (Wildman–Crippen LogP) is -2.07. The maximum absolute atomic E-state index is 12.3. The maximum Gasteiger partial charge on any atom is 0.339 e. The number of carbonyl (C=O) groups excluding carboxylic acids is 1. The molecule has 9 atom stereocenters. The molecule has 2 heterocycles. The van der Waals surface area contributed by atoms with Gasteiger partial charge in [-0.3, -0.25) is 0 Å². The van der Waals surface area contributed by atoms with E-state index < -0.39 is 67.2 Å². The summed E-state index contributed by atoms with van der Waals surface area (Å²) in [6.07, 6.45) is -6.97. The van der Waals surface area contributed by atoms with Gasteiger partial charge in [-0.05, 0) is 13.8 Å². The summed E-state index contributed by atoms with van der Waals surface area (Å²) in [6, 6.07) is 0. The van der Waals surface area contributed by atoms with E-state index in [4.69, 9.17) is 23.7 Å². The largest absolute Gasteiger partial charge is 0.471 e. The molecule has 1 saturated heterocycles. The third-order valence-electron chi connectivity index (χ3n) is 5.70. The van der Waals surface area contributed by atoms with Crippen molar-refractivity contribution >= 4 is 5.97 Å². The van der Waals surface area contributed by atoms with E-state index in [-0.39, 0.29) is 12.2 Å². The summed E-state index contributed by atoms with van der Waals surface area (Å²) in [6.45, 7) is 3.07. The molecule has 3 rings (SSSR count). The van der Waals surface area contributed by atoms with Gasteiger partial charge in [0.15, 0.2) is 6.29 Å². The van der Waals surface area contributed by atoms with E-state index in [1.165, 1.54) is 7.11 Å². The van der Waals surface area contributed by atoms with Gasteiger partial charge in [0.05, 0.1) is 19.6 Å². The van der Waals surface area contributed by atoms with E-state index in [1.54, 1.807) is 19.9 Å². The van der Waals surface area contributed by atoms with Crippen molar-refractivity contribution in [2.24, 2.45) is 5.92 Å². The molecular formula is C19H28O11. The predicted molar refractivity (Wildman–Crippen MR) is 97.4 cm³/mol. The molecule has 3 aliphatic rings. The minimum atomic E-state index is -1.87. The van der Waals surface area contributed by atoms with Crippen molar-refractivity contribution in [3.8, 4) is 0 Å². The molecule has 5 N–H and O–H groups in total. The molecule has 0 amide bonds. The lowest BCUT2D eigenvalue weighted by molar-refractivity contribution is -0.344. The van der Waals surface area contributed by atoms with Crippen molar-refractivity contribution < 1.29 is 54.0 Å². The molecule has 11 heteroatoms. The number of esters is 1. The minimum absolute atomic E-state index is 0.157. The lowest BCUT2D eigenvalue weighted by atomic mass is 9.78. The zero-order chi connectivity index (χ0) is 22.2. The highest BCUT2D eigenvalue weighted by molar-refractivity contribution is 5.91. The van der Waals surface area contributed by atoms with Crippen LogP contribution in [0.3, 0.4) is 0 Å². The molecule has 11 nitrogen and oxygen atoms in total. The number of methoxy groups -OCH3 is 1. The Morgan fingerprint density at radius 1 is 1.20 bits per heavy atom. The second-order valence-corrected chi connectivity index (χ2v) is 7.45. The van der Waals surface area contributed by atoms with Gasteiger partial charge < -0.3 is 49.2 Å². The highest BCUT2D eigenvalue weighted by Gasteiger charge is 2.61. The Labute approximate surface area is 173 Å². The van der Waals surface area contributed by atoms with Crippen molar-refractivity contribution in [1.82, 2.24) is 0 Å². The van der Waals surface area contributed by atoms with Crippen LogP contribution in [-0.2, 0) is 28.5 Å². The molecule has 0 unspecified atom stereocenters. The van der Waals surface area contributed by atoms with Crippen molar-refractivity contribution in [1.29, 1.82) is 0 Å². The standard InChI is InChI=1S/C19H28O11/c1-4-27-11-5-8(2)12-17(28-7-9(16(24)26-3)19(11,12)25)30-18-15(23)14(22)13(21)10(6-20)29-18/h5,7,10-15,17-18,20-23,25H,4,6H2,1-3H3/t10-,11-,12+,13-,14+,15-,17+,18+,19-/m1/s1. The van der Waals surface area contributed by atoms with Gasteiger partial charge in [0, 0.05) is 6.61 Å². The number of aliphatic hydroxyl groups is 5. The summed E-state index contributed by atoms with van der Waals surface area (Å²) < 4.78 is 27.0. The van der Waals surface area contributed by atoms with Gasteiger partial charge in [-0.2, -0.15) is 0 Å². The van der Waals surface area contributed by atoms with E-state index in [1.807, 2.05) is 0 Å². The molecule has 170 valence electrons. The monoisotopic (exact) mass is 432 g/mol. The molecule has 0 radical (unpaired) electrons. The van der Waals surface area contributed by atoms with E-state index in [9.17, 15) is 30.3 Å². The summed E-state index contributed by atoms with van der Waals surface area (Å²) in [5.41, 5.74) is -1.43. The van der Waals surface area contributed by atoms with Crippen LogP contribution in [0.4, 0.5) is 0 Å². The minimum Gasteiger partial charge on any atom is -0.471 e. The first kappa shape index (κ1) is 23.1. The number of fused-ring (bicyclic) bond motifs is 1. The van der Waals surface area contributed by atoms with Gasteiger partial charge in [0.2, 0.25) is 6.29 Å². The summed E-state index contributed by atoms with van der Waals surface area (Å²) >= 11 is 0. The van der Waals surface area contributed by atoms with Gasteiger partial charge in [0.25, 0.3) is 0 Å². The van der Waals surface area contributed by atoms with Crippen molar-refractivity contribution in [2.75, 3.05) is 20.3 Å². The third kappa shape index (κ3) is 3.65. The van der Waals surface area contributed by atoms with Gasteiger partial charge in [0.1, 0.15) is 48.0 Å². The smallest absolute Gasteiger partial charge is 0.339 e. The highest BCUT2D eigenvalue weighted by atomic mass is 16.8. The Morgan fingerprint density at radius 3 is 2.50 bits per heavy atom. The second kappa shape index (κ2) is 8.89. The van der Waals surface area contributed by atoms with E-state index in [2.05, 4.69) is 0 Å². The molecule has 1 aliphatic carbocycles. The van der Waals surface area contributed by atoms with Crippen LogP contribution in [0.1, 0.15) is 13.8 Å². The molecular weight excluding hydrogens is 404 g/mol. The van der Waals surface area contributed by atoms with Crippen LogP contribution in [0, 0.1) is 5.92 Å². The molecule has 0 bridgehead atoms. The fourth-order valence-corrected chi connectivity index (χ4v) is 4.14. The summed E-state index contributed by atoms with van der Waals surface area (Å²) in [5.74, 6) is -1.73. The topological polar surface area (TPSA) is 164 Å². The Morgan fingerprint density at radius 2 is 1.90 bits per heavy atom. The first-order valence-electron chi connectivity index (χ1n) is 9.63. The van der Waals surface area contributed by atoms with Gasteiger partial charge >= 0.3 is 5.97 Å². The highest BCUT2D eigenvalue weighted by Crippen LogP contribution is 2.48. The van der Waals surface area contributed by atoms with E-state index in [0.29, 0.717) is 5.57 Å².